The molecule has 3 N–H and O–H groups in total. The van der Waals surface area contributed by atoms with Gasteiger partial charge in [0.15, 0.2) is 5.84 Å². The van der Waals surface area contributed by atoms with Gasteiger partial charge in [0.25, 0.3) is 0 Å². The SMILES string of the molecule is O/N=C1\N=C(NO)Cc2ccccc21. The van der Waals surface area contributed by atoms with Gasteiger partial charge >= 0.3 is 0 Å². The average Bonchev–Trinajstić information content (AvgIpc) is 2.27. The van der Waals surface area contributed by atoms with Crippen LogP contribution in [-0.2, 0) is 6.42 Å². The third-order valence-corrected chi connectivity index (χ3v) is 2.08. The lowest BCUT2D eigenvalue weighted by Gasteiger charge is -2.14. The zero-order valence-corrected chi connectivity index (χ0v) is 7.31. The van der Waals surface area contributed by atoms with Crippen LogP contribution in [0.25, 0.3) is 0 Å². The highest BCUT2D eigenvalue weighted by Gasteiger charge is 2.16. The van der Waals surface area contributed by atoms with Crippen molar-refractivity contribution in [3.63, 3.8) is 0 Å². The molecule has 0 saturated carbocycles. The monoisotopic (exact) mass is 191 g/mol. The first kappa shape index (κ1) is 8.71. The quantitative estimate of drug-likeness (QED) is 0.418. The topological polar surface area (TPSA) is 77.2 Å². The van der Waals surface area contributed by atoms with Gasteiger partial charge in [0.2, 0.25) is 0 Å². The first-order valence-corrected chi connectivity index (χ1v) is 4.13. The molecule has 1 aromatic carbocycles. The van der Waals surface area contributed by atoms with E-state index < -0.39 is 0 Å². The zero-order chi connectivity index (χ0) is 9.97. The Kier molecular flexibility index (Phi) is 2.16. The molecule has 1 aromatic rings. The van der Waals surface area contributed by atoms with Crippen molar-refractivity contribution in [2.24, 2.45) is 10.1 Å². The van der Waals surface area contributed by atoms with E-state index in [9.17, 15) is 0 Å². The Morgan fingerprint density at radius 1 is 1.36 bits per heavy atom. The Bertz CT molecular complexity index is 412. The molecular formula is C9H9N3O2. The number of hydroxylamine groups is 1. The zero-order valence-electron chi connectivity index (χ0n) is 7.31. The van der Waals surface area contributed by atoms with Crippen molar-refractivity contribution in [2.75, 3.05) is 0 Å². The highest BCUT2D eigenvalue weighted by Crippen LogP contribution is 2.16. The maximum Gasteiger partial charge on any atom is 0.200 e. The van der Waals surface area contributed by atoms with Gasteiger partial charge in [-0.2, -0.15) is 0 Å². The second kappa shape index (κ2) is 3.47. The molecule has 0 radical (unpaired) electrons. The van der Waals surface area contributed by atoms with Crippen LogP contribution < -0.4 is 5.48 Å². The summed E-state index contributed by atoms with van der Waals surface area (Å²) in [7, 11) is 0. The van der Waals surface area contributed by atoms with Crippen LogP contribution in [0, 0.1) is 0 Å². The Morgan fingerprint density at radius 3 is 2.86 bits per heavy atom. The number of rotatable bonds is 0. The summed E-state index contributed by atoms with van der Waals surface area (Å²) in [6.45, 7) is 0. The summed E-state index contributed by atoms with van der Waals surface area (Å²) in [5, 5.41) is 20.5. The van der Waals surface area contributed by atoms with Crippen LogP contribution in [0.4, 0.5) is 0 Å². The van der Waals surface area contributed by atoms with Gasteiger partial charge in [0.1, 0.15) is 5.84 Å². The van der Waals surface area contributed by atoms with Crippen LogP contribution in [0.15, 0.2) is 34.4 Å². The highest BCUT2D eigenvalue weighted by molar-refractivity contribution is 6.10. The molecule has 0 bridgehead atoms. The molecule has 1 aliphatic heterocycles. The molecule has 0 amide bonds. The van der Waals surface area contributed by atoms with Crippen LogP contribution in [0.3, 0.4) is 0 Å². The smallest absolute Gasteiger partial charge is 0.200 e. The van der Waals surface area contributed by atoms with Crippen molar-refractivity contribution in [3.8, 4) is 0 Å². The molecular weight excluding hydrogens is 182 g/mol. The molecule has 0 spiro atoms. The van der Waals surface area contributed by atoms with Crippen LogP contribution >= 0.6 is 0 Å². The lowest BCUT2D eigenvalue weighted by molar-refractivity contribution is 0.232. The molecule has 0 atom stereocenters. The van der Waals surface area contributed by atoms with Gasteiger partial charge in [0.05, 0.1) is 0 Å². The summed E-state index contributed by atoms with van der Waals surface area (Å²) < 4.78 is 0. The summed E-state index contributed by atoms with van der Waals surface area (Å²) in [4.78, 5) is 3.92. The molecule has 1 heterocycles. The Labute approximate surface area is 80.4 Å². The molecule has 0 unspecified atom stereocenters. The summed E-state index contributed by atoms with van der Waals surface area (Å²) >= 11 is 0. The second-order valence-electron chi connectivity index (χ2n) is 2.93. The first-order chi connectivity index (χ1) is 6.85. The molecule has 0 aromatic heterocycles. The maximum absolute atomic E-state index is 8.72. The standard InChI is InChI=1S/C9H9N3O2/c13-11-8-5-6-3-1-2-4-7(6)9(10-8)12-14/h1-4,13-14H,5H2,(H,10,11,12). The number of hydrogen-bond acceptors (Lipinski definition) is 4. The lowest BCUT2D eigenvalue weighted by atomic mass is 10.0. The Hall–Kier alpha value is -1.88. The van der Waals surface area contributed by atoms with Crippen molar-refractivity contribution in [1.82, 2.24) is 5.48 Å². The summed E-state index contributed by atoms with van der Waals surface area (Å²) in [5.74, 6) is 0.583. The van der Waals surface area contributed by atoms with Gasteiger partial charge in [-0.05, 0) is 5.56 Å². The van der Waals surface area contributed by atoms with Crippen LogP contribution in [-0.4, -0.2) is 22.1 Å². The van der Waals surface area contributed by atoms with E-state index in [4.69, 9.17) is 10.4 Å². The fraction of sp³-hybridized carbons (Fsp3) is 0.111. The number of hydrogen-bond donors (Lipinski definition) is 3. The van der Waals surface area contributed by atoms with Crippen molar-refractivity contribution in [1.29, 1.82) is 0 Å². The van der Waals surface area contributed by atoms with Crippen LogP contribution in [0.5, 0.6) is 0 Å². The third kappa shape index (κ3) is 1.33. The first-order valence-electron chi connectivity index (χ1n) is 4.13. The molecule has 1 aliphatic rings. The summed E-state index contributed by atoms with van der Waals surface area (Å²) in [6, 6.07) is 7.44. The van der Waals surface area contributed by atoms with E-state index in [0.717, 1.165) is 11.1 Å². The summed E-state index contributed by atoms with van der Waals surface area (Å²) in [6.07, 6.45) is 0.506. The molecule has 5 heteroatoms. The van der Waals surface area contributed by atoms with E-state index in [-0.39, 0.29) is 5.84 Å². The van der Waals surface area contributed by atoms with Gasteiger partial charge in [-0.25, -0.2) is 4.99 Å². The number of benzene rings is 1. The predicted molar refractivity (Wildman–Crippen MR) is 50.8 cm³/mol. The minimum atomic E-state index is 0.211. The molecule has 0 aliphatic carbocycles. The largest absolute Gasteiger partial charge is 0.409 e. The average molecular weight is 191 g/mol. The maximum atomic E-state index is 8.72. The molecule has 2 rings (SSSR count). The lowest BCUT2D eigenvalue weighted by Crippen LogP contribution is -2.27. The number of oxime groups is 1. The second-order valence-corrected chi connectivity index (χ2v) is 2.93. The summed E-state index contributed by atoms with van der Waals surface area (Å²) in [5.41, 5.74) is 3.72. The van der Waals surface area contributed by atoms with E-state index in [0.29, 0.717) is 12.3 Å². The number of nitrogens with one attached hydrogen (secondary N) is 1. The Balaban J connectivity index is 2.50. The third-order valence-electron chi connectivity index (χ3n) is 2.08. The van der Waals surface area contributed by atoms with Gasteiger partial charge in [-0.15, -0.1) is 0 Å². The van der Waals surface area contributed by atoms with Crippen LogP contribution in [0.2, 0.25) is 0 Å². The van der Waals surface area contributed by atoms with E-state index in [1.807, 2.05) is 29.7 Å². The molecule has 72 valence electrons. The van der Waals surface area contributed by atoms with Crippen molar-refractivity contribution in [2.45, 2.75) is 6.42 Å². The highest BCUT2D eigenvalue weighted by atomic mass is 16.5. The van der Waals surface area contributed by atoms with E-state index in [1.54, 1.807) is 0 Å². The van der Waals surface area contributed by atoms with Crippen LogP contribution in [0.1, 0.15) is 11.1 Å². The normalized spacial score (nSPS) is 17.5. The molecule has 0 fully saturated rings. The van der Waals surface area contributed by atoms with Crippen molar-refractivity contribution in [3.05, 3.63) is 35.4 Å². The number of amidine groups is 2. The predicted octanol–water partition coefficient (Wildman–Crippen LogP) is 0.756. The van der Waals surface area contributed by atoms with E-state index in [1.165, 1.54) is 0 Å². The van der Waals surface area contributed by atoms with E-state index >= 15 is 0 Å². The van der Waals surface area contributed by atoms with Crippen molar-refractivity contribution >= 4 is 11.7 Å². The molecule has 14 heavy (non-hydrogen) atoms. The number of fused-ring (bicyclic) bond motifs is 1. The van der Waals surface area contributed by atoms with E-state index in [2.05, 4.69) is 10.1 Å². The fourth-order valence-electron chi connectivity index (χ4n) is 1.44. The molecule has 0 saturated heterocycles. The van der Waals surface area contributed by atoms with Gasteiger partial charge in [-0.3, -0.25) is 10.7 Å². The van der Waals surface area contributed by atoms with Crippen molar-refractivity contribution < 1.29 is 10.4 Å². The number of aliphatic imine (C=N–C) groups is 1. The van der Waals surface area contributed by atoms with Gasteiger partial charge < -0.3 is 5.21 Å². The minimum Gasteiger partial charge on any atom is -0.409 e. The fourth-order valence-corrected chi connectivity index (χ4v) is 1.44. The number of nitrogens with zero attached hydrogens (tertiary/aromatic N) is 2. The molecule has 5 nitrogen and oxygen atoms in total. The van der Waals surface area contributed by atoms with Gasteiger partial charge in [-0.1, -0.05) is 29.4 Å². The Morgan fingerprint density at radius 2 is 2.14 bits per heavy atom. The van der Waals surface area contributed by atoms with Gasteiger partial charge in [0, 0.05) is 12.0 Å². The minimum absolute atomic E-state index is 0.211.